The molecule has 2 aromatic rings. The first-order valence-electron chi connectivity index (χ1n) is 10.3. The van der Waals surface area contributed by atoms with Crippen LogP contribution in [0.15, 0.2) is 53.0 Å². The number of benzene rings is 2. The van der Waals surface area contributed by atoms with Gasteiger partial charge in [-0.05, 0) is 57.5 Å². The average molecular weight is 559 g/mol. The summed E-state index contributed by atoms with van der Waals surface area (Å²) in [5, 5.41) is 3.08. The molecule has 1 unspecified atom stereocenters. The molecule has 33 heavy (non-hydrogen) atoms. The van der Waals surface area contributed by atoms with Gasteiger partial charge < -0.3 is 10.2 Å². The van der Waals surface area contributed by atoms with Gasteiger partial charge in [-0.3, -0.25) is 13.9 Å². The SMILES string of the molecule is CC(C(=O)NC(C)(C)C)N(Cc1cccc(Br)c1)C(=O)CN(c1ccccc1Cl)S(C)(=O)=O. The largest absolute Gasteiger partial charge is 0.350 e. The Morgan fingerprint density at radius 2 is 1.76 bits per heavy atom. The molecule has 1 N–H and O–H groups in total. The summed E-state index contributed by atoms with van der Waals surface area (Å²) < 4.78 is 26.9. The lowest BCUT2D eigenvalue weighted by Gasteiger charge is -2.33. The van der Waals surface area contributed by atoms with Gasteiger partial charge in [0.25, 0.3) is 0 Å². The van der Waals surface area contributed by atoms with Crippen molar-refractivity contribution in [3.63, 3.8) is 0 Å². The summed E-state index contributed by atoms with van der Waals surface area (Å²) >= 11 is 9.64. The Balaban J connectivity index is 2.42. The van der Waals surface area contributed by atoms with Gasteiger partial charge in [-0.25, -0.2) is 8.42 Å². The Morgan fingerprint density at radius 1 is 1.12 bits per heavy atom. The molecule has 0 aliphatic heterocycles. The van der Waals surface area contributed by atoms with E-state index in [0.29, 0.717) is 0 Å². The van der Waals surface area contributed by atoms with Crippen LogP contribution in [0, 0.1) is 0 Å². The number of para-hydroxylation sites is 1. The number of amides is 2. The van der Waals surface area contributed by atoms with Gasteiger partial charge in [-0.2, -0.15) is 0 Å². The number of rotatable bonds is 8. The maximum absolute atomic E-state index is 13.5. The summed E-state index contributed by atoms with van der Waals surface area (Å²) in [6.07, 6.45) is 1.01. The van der Waals surface area contributed by atoms with E-state index in [1.54, 1.807) is 25.1 Å². The highest BCUT2D eigenvalue weighted by Crippen LogP contribution is 2.27. The van der Waals surface area contributed by atoms with Gasteiger partial charge in [-0.1, -0.05) is 51.8 Å². The first-order valence-corrected chi connectivity index (χ1v) is 13.3. The Kier molecular flexibility index (Phi) is 8.95. The quantitative estimate of drug-likeness (QED) is 0.526. The third-order valence-electron chi connectivity index (χ3n) is 4.71. The van der Waals surface area contributed by atoms with Gasteiger partial charge in [0.05, 0.1) is 17.0 Å². The molecule has 0 spiro atoms. The first-order chi connectivity index (χ1) is 15.2. The predicted molar refractivity (Wildman–Crippen MR) is 136 cm³/mol. The molecule has 7 nitrogen and oxygen atoms in total. The van der Waals surface area contributed by atoms with E-state index in [-0.39, 0.29) is 23.2 Å². The second-order valence-corrected chi connectivity index (χ2v) is 12.0. The Labute approximate surface area is 209 Å². The van der Waals surface area contributed by atoms with E-state index < -0.39 is 34.1 Å². The molecule has 180 valence electrons. The maximum Gasteiger partial charge on any atom is 0.244 e. The zero-order valence-corrected chi connectivity index (χ0v) is 22.5. The lowest BCUT2D eigenvalue weighted by atomic mass is 10.1. The molecule has 10 heteroatoms. The Hall–Kier alpha value is -2.10. The van der Waals surface area contributed by atoms with Crippen molar-refractivity contribution < 1.29 is 18.0 Å². The maximum atomic E-state index is 13.5. The molecular formula is C23H29BrClN3O4S. The molecule has 0 aromatic heterocycles. The van der Waals surface area contributed by atoms with Crippen LogP contribution in [0.4, 0.5) is 5.69 Å². The number of anilines is 1. The highest BCUT2D eigenvalue weighted by Gasteiger charge is 2.31. The number of hydrogen-bond acceptors (Lipinski definition) is 4. The number of nitrogens with one attached hydrogen (secondary N) is 1. The minimum atomic E-state index is -3.83. The zero-order valence-electron chi connectivity index (χ0n) is 19.3. The molecule has 0 aliphatic carbocycles. The van der Waals surface area contributed by atoms with Crippen molar-refractivity contribution in [2.75, 3.05) is 17.1 Å². The molecule has 2 amide bonds. The molecule has 1 atom stereocenters. The molecule has 0 saturated heterocycles. The van der Waals surface area contributed by atoms with Crippen LogP contribution in [-0.4, -0.2) is 49.5 Å². The zero-order chi connectivity index (χ0) is 25.0. The Bertz CT molecular complexity index is 1120. The van der Waals surface area contributed by atoms with Gasteiger partial charge >= 0.3 is 0 Å². The monoisotopic (exact) mass is 557 g/mol. The van der Waals surface area contributed by atoms with Crippen molar-refractivity contribution >= 4 is 55.1 Å². The van der Waals surface area contributed by atoms with Crippen molar-refractivity contribution in [3.05, 3.63) is 63.6 Å². The van der Waals surface area contributed by atoms with Crippen LogP contribution in [0.1, 0.15) is 33.3 Å². The van der Waals surface area contributed by atoms with Gasteiger partial charge in [-0.15, -0.1) is 0 Å². The van der Waals surface area contributed by atoms with E-state index in [0.717, 1.165) is 20.6 Å². The van der Waals surface area contributed by atoms with Crippen LogP contribution in [-0.2, 0) is 26.2 Å². The molecule has 0 bridgehead atoms. The highest BCUT2D eigenvalue weighted by molar-refractivity contribution is 9.10. The number of halogens is 2. The van der Waals surface area contributed by atoms with Crippen molar-refractivity contribution in [2.45, 2.75) is 45.8 Å². The molecule has 0 saturated carbocycles. The van der Waals surface area contributed by atoms with E-state index in [1.807, 2.05) is 45.0 Å². The minimum absolute atomic E-state index is 0.122. The summed E-state index contributed by atoms with van der Waals surface area (Å²) in [6.45, 7) is 6.79. The normalized spacial score (nSPS) is 12.7. The smallest absolute Gasteiger partial charge is 0.244 e. The minimum Gasteiger partial charge on any atom is -0.350 e. The summed E-state index contributed by atoms with van der Waals surface area (Å²) in [4.78, 5) is 27.7. The van der Waals surface area contributed by atoms with Crippen molar-refractivity contribution in [1.82, 2.24) is 10.2 Å². The number of hydrogen-bond donors (Lipinski definition) is 1. The molecule has 0 aliphatic rings. The lowest BCUT2D eigenvalue weighted by Crippen LogP contribution is -2.54. The third kappa shape index (κ3) is 8.01. The topological polar surface area (TPSA) is 86.8 Å². The van der Waals surface area contributed by atoms with Gasteiger partial charge in [0.15, 0.2) is 0 Å². The van der Waals surface area contributed by atoms with Crippen molar-refractivity contribution in [1.29, 1.82) is 0 Å². The van der Waals surface area contributed by atoms with Crippen molar-refractivity contribution in [3.8, 4) is 0 Å². The van der Waals surface area contributed by atoms with E-state index in [4.69, 9.17) is 11.6 Å². The fraction of sp³-hybridized carbons (Fsp3) is 0.391. The first kappa shape index (κ1) is 27.1. The fourth-order valence-corrected chi connectivity index (χ4v) is 4.73. The van der Waals surface area contributed by atoms with Crippen LogP contribution in [0.5, 0.6) is 0 Å². The van der Waals surface area contributed by atoms with Crippen LogP contribution in [0.2, 0.25) is 5.02 Å². The molecule has 0 radical (unpaired) electrons. The van der Waals surface area contributed by atoms with Gasteiger partial charge in [0.2, 0.25) is 21.8 Å². The van der Waals surface area contributed by atoms with E-state index in [9.17, 15) is 18.0 Å². The van der Waals surface area contributed by atoms with E-state index in [2.05, 4.69) is 21.2 Å². The van der Waals surface area contributed by atoms with Crippen molar-refractivity contribution in [2.24, 2.45) is 0 Å². The number of sulfonamides is 1. The molecule has 0 fully saturated rings. The van der Waals surface area contributed by atoms with Gasteiger partial charge in [0.1, 0.15) is 12.6 Å². The highest BCUT2D eigenvalue weighted by atomic mass is 79.9. The molecular weight excluding hydrogens is 530 g/mol. The number of carbonyl (C=O) groups excluding carboxylic acids is 2. The standard InChI is InChI=1S/C23H29BrClN3O4S/c1-16(22(30)26-23(2,3)4)27(14-17-9-8-10-18(24)13-17)21(29)15-28(33(5,31)32)20-12-7-6-11-19(20)25/h6-13,16H,14-15H2,1-5H3,(H,26,30). The van der Waals surface area contributed by atoms with Crippen LogP contribution >= 0.6 is 27.5 Å². The predicted octanol–water partition coefficient (Wildman–Crippen LogP) is 4.20. The third-order valence-corrected chi connectivity index (χ3v) is 6.65. The van der Waals surface area contributed by atoms with Crippen LogP contribution in [0.25, 0.3) is 0 Å². The molecule has 0 heterocycles. The Morgan fingerprint density at radius 3 is 2.30 bits per heavy atom. The van der Waals surface area contributed by atoms with Crippen LogP contribution in [0.3, 0.4) is 0 Å². The second kappa shape index (κ2) is 10.9. The fourth-order valence-electron chi connectivity index (χ4n) is 3.14. The second-order valence-electron chi connectivity index (χ2n) is 8.79. The molecule has 2 rings (SSSR count). The number of carbonyl (C=O) groups is 2. The molecule has 2 aromatic carbocycles. The summed E-state index contributed by atoms with van der Waals surface area (Å²) in [7, 11) is -3.83. The number of nitrogens with zero attached hydrogens (tertiary/aromatic N) is 2. The van der Waals surface area contributed by atoms with Gasteiger partial charge in [0, 0.05) is 16.6 Å². The average Bonchev–Trinajstić information content (AvgIpc) is 2.68. The van der Waals surface area contributed by atoms with Crippen LogP contribution < -0.4 is 9.62 Å². The van der Waals surface area contributed by atoms with E-state index in [1.165, 1.54) is 11.0 Å². The summed E-state index contributed by atoms with van der Waals surface area (Å²) in [6, 6.07) is 12.9. The van der Waals surface area contributed by atoms with E-state index >= 15 is 0 Å². The summed E-state index contributed by atoms with van der Waals surface area (Å²) in [5.41, 5.74) is 0.493. The summed E-state index contributed by atoms with van der Waals surface area (Å²) in [5.74, 6) is -0.869. The lowest BCUT2D eigenvalue weighted by molar-refractivity contribution is -0.140.